The van der Waals surface area contributed by atoms with Crippen LogP contribution in [0.4, 0.5) is 0 Å². The fraction of sp³-hybridized carbons (Fsp3) is 0.182. The summed E-state index contributed by atoms with van der Waals surface area (Å²) in [5, 5.41) is 12.3. The summed E-state index contributed by atoms with van der Waals surface area (Å²) in [6.07, 6.45) is 3.49. The van der Waals surface area contributed by atoms with Crippen LogP contribution in [-0.4, -0.2) is 23.2 Å². The number of halogens is 1. The molecule has 2 N–H and O–H groups in total. The van der Waals surface area contributed by atoms with E-state index in [4.69, 9.17) is 14.6 Å². The van der Waals surface area contributed by atoms with Crippen molar-refractivity contribution in [3.63, 3.8) is 0 Å². The molecule has 150 valence electrons. The third-order valence-electron chi connectivity index (χ3n) is 4.25. The van der Waals surface area contributed by atoms with Crippen molar-refractivity contribution in [1.82, 2.24) is 10.3 Å². The van der Waals surface area contributed by atoms with Gasteiger partial charge in [0.15, 0.2) is 11.5 Å². The molecule has 0 spiro atoms. The Morgan fingerprint density at radius 1 is 1.10 bits per heavy atom. The first-order valence-corrected chi connectivity index (χ1v) is 9.77. The third kappa shape index (κ3) is 5.79. The van der Waals surface area contributed by atoms with Crippen LogP contribution in [0.2, 0.25) is 0 Å². The van der Waals surface area contributed by atoms with E-state index < -0.39 is 5.97 Å². The number of carboxylic acid groups (broad SMARTS) is 1. The standard InChI is InChI=1S/C22H21BrN2O4/c1-28-20-10-17(13-25-11-15-4-6-18(7-5-15)22(26)27)9-19(23)21(20)29-14-16-3-2-8-24-12-16/h2-10,12,25H,11,13-14H2,1H3,(H,26,27). The lowest BCUT2D eigenvalue weighted by Crippen LogP contribution is -2.13. The van der Waals surface area contributed by atoms with E-state index in [2.05, 4.69) is 26.2 Å². The van der Waals surface area contributed by atoms with E-state index in [-0.39, 0.29) is 5.56 Å². The van der Waals surface area contributed by atoms with Crippen LogP contribution in [0.5, 0.6) is 11.5 Å². The van der Waals surface area contributed by atoms with Crippen LogP contribution in [0.15, 0.2) is 65.4 Å². The Labute approximate surface area is 177 Å². The van der Waals surface area contributed by atoms with Crippen molar-refractivity contribution < 1.29 is 19.4 Å². The topological polar surface area (TPSA) is 80.7 Å². The van der Waals surface area contributed by atoms with Gasteiger partial charge in [-0.05, 0) is 57.4 Å². The number of benzene rings is 2. The van der Waals surface area contributed by atoms with E-state index in [1.807, 2.05) is 36.4 Å². The molecule has 6 nitrogen and oxygen atoms in total. The molecule has 0 amide bonds. The molecule has 0 aliphatic heterocycles. The monoisotopic (exact) mass is 456 g/mol. The average molecular weight is 457 g/mol. The molecule has 7 heteroatoms. The van der Waals surface area contributed by atoms with Crippen molar-refractivity contribution in [1.29, 1.82) is 0 Å². The van der Waals surface area contributed by atoms with Crippen LogP contribution in [0.1, 0.15) is 27.0 Å². The maximum atomic E-state index is 10.9. The first-order chi connectivity index (χ1) is 14.1. The number of hydrogen-bond acceptors (Lipinski definition) is 5. The predicted octanol–water partition coefficient (Wildman–Crippen LogP) is 4.42. The van der Waals surface area contributed by atoms with Gasteiger partial charge in [-0.2, -0.15) is 0 Å². The fourth-order valence-corrected chi connectivity index (χ4v) is 3.37. The highest BCUT2D eigenvalue weighted by atomic mass is 79.9. The maximum absolute atomic E-state index is 10.9. The first-order valence-electron chi connectivity index (χ1n) is 8.98. The minimum Gasteiger partial charge on any atom is -0.493 e. The van der Waals surface area contributed by atoms with Crippen LogP contribution in [0.25, 0.3) is 0 Å². The molecule has 0 saturated carbocycles. The molecule has 29 heavy (non-hydrogen) atoms. The number of nitrogens with zero attached hydrogens (tertiary/aromatic N) is 1. The molecule has 3 rings (SSSR count). The number of carbonyl (C=O) groups is 1. The molecule has 0 bridgehead atoms. The lowest BCUT2D eigenvalue weighted by molar-refractivity contribution is 0.0697. The average Bonchev–Trinajstić information content (AvgIpc) is 2.73. The van der Waals surface area contributed by atoms with Gasteiger partial charge >= 0.3 is 5.97 Å². The van der Waals surface area contributed by atoms with Crippen molar-refractivity contribution in [2.75, 3.05) is 7.11 Å². The normalized spacial score (nSPS) is 10.6. The number of methoxy groups -OCH3 is 1. The molecule has 1 aromatic heterocycles. The summed E-state index contributed by atoms with van der Waals surface area (Å²) in [5.74, 6) is 0.363. The van der Waals surface area contributed by atoms with Gasteiger partial charge < -0.3 is 19.9 Å². The Morgan fingerprint density at radius 3 is 2.52 bits per heavy atom. The molecule has 0 saturated heterocycles. The second-order valence-electron chi connectivity index (χ2n) is 6.36. The summed E-state index contributed by atoms with van der Waals surface area (Å²) in [4.78, 5) is 15.0. The minimum absolute atomic E-state index is 0.282. The highest BCUT2D eigenvalue weighted by Gasteiger charge is 2.12. The number of carboxylic acids is 1. The quantitative estimate of drug-likeness (QED) is 0.495. The summed E-state index contributed by atoms with van der Waals surface area (Å²) in [5.41, 5.74) is 3.30. The summed E-state index contributed by atoms with van der Waals surface area (Å²) in [6.45, 7) is 1.64. The smallest absolute Gasteiger partial charge is 0.335 e. The van der Waals surface area contributed by atoms with E-state index in [0.717, 1.165) is 21.2 Å². The van der Waals surface area contributed by atoms with E-state index in [9.17, 15) is 4.79 Å². The number of rotatable bonds is 9. The summed E-state index contributed by atoms with van der Waals surface area (Å²) < 4.78 is 12.2. The second kappa shape index (κ2) is 10.0. The van der Waals surface area contributed by atoms with Gasteiger partial charge in [0.2, 0.25) is 0 Å². The molecular formula is C22H21BrN2O4. The second-order valence-corrected chi connectivity index (χ2v) is 7.22. The Bertz CT molecular complexity index is 963. The fourth-order valence-electron chi connectivity index (χ4n) is 2.77. The van der Waals surface area contributed by atoms with E-state index >= 15 is 0 Å². The minimum atomic E-state index is -0.924. The molecule has 0 radical (unpaired) electrons. The molecular weight excluding hydrogens is 436 g/mol. The molecule has 2 aromatic carbocycles. The molecule has 3 aromatic rings. The zero-order chi connectivity index (χ0) is 20.6. The zero-order valence-corrected chi connectivity index (χ0v) is 17.5. The molecule has 0 aliphatic rings. The molecule has 0 unspecified atom stereocenters. The van der Waals surface area contributed by atoms with Gasteiger partial charge in [-0.15, -0.1) is 0 Å². The summed E-state index contributed by atoms with van der Waals surface area (Å²) in [7, 11) is 1.61. The van der Waals surface area contributed by atoms with E-state index in [0.29, 0.717) is 31.2 Å². The van der Waals surface area contributed by atoms with Crippen LogP contribution in [0.3, 0.4) is 0 Å². The lowest BCUT2D eigenvalue weighted by Gasteiger charge is -2.15. The first kappa shape index (κ1) is 20.8. The van der Waals surface area contributed by atoms with Crippen molar-refractivity contribution in [3.05, 3.63) is 87.7 Å². The van der Waals surface area contributed by atoms with Gasteiger partial charge in [0, 0.05) is 31.0 Å². The van der Waals surface area contributed by atoms with Crippen LogP contribution >= 0.6 is 15.9 Å². The van der Waals surface area contributed by atoms with Gasteiger partial charge in [-0.3, -0.25) is 4.98 Å². The Balaban J connectivity index is 1.61. The summed E-state index contributed by atoms with van der Waals surface area (Å²) >= 11 is 3.57. The highest BCUT2D eigenvalue weighted by Crippen LogP contribution is 2.37. The SMILES string of the molecule is COc1cc(CNCc2ccc(C(=O)O)cc2)cc(Br)c1OCc1cccnc1. The van der Waals surface area contributed by atoms with Crippen molar-refractivity contribution in [2.45, 2.75) is 19.7 Å². The number of aromatic nitrogens is 1. The molecule has 1 heterocycles. The Kier molecular flexibility index (Phi) is 7.21. The number of hydrogen-bond donors (Lipinski definition) is 2. The third-order valence-corrected chi connectivity index (χ3v) is 4.84. The molecule has 0 fully saturated rings. The molecule has 0 atom stereocenters. The Hall–Kier alpha value is -2.90. The van der Waals surface area contributed by atoms with Crippen molar-refractivity contribution in [2.24, 2.45) is 0 Å². The number of nitrogens with one attached hydrogen (secondary N) is 1. The highest BCUT2D eigenvalue weighted by molar-refractivity contribution is 9.10. The van der Waals surface area contributed by atoms with Gasteiger partial charge in [0.05, 0.1) is 17.1 Å². The predicted molar refractivity (Wildman–Crippen MR) is 113 cm³/mol. The van der Waals surface area contributed by atoms with Crippen LogP contribution in [0, 0.1) is 0 Å². The van der Waals surface area contributed by atoms with Gasteiger partial charge in [0.25, 0.3) is 0 Å². The van der Waals surface area contributed by atoms with Crippen LogP contribution < -0.4 is 14.8 Å². The zero-order valence-electron chi connectivity index (χ0n) is 15.9. The van der Waals surface area contributed by atoms with Crippen LogP contribution in [-0.2, 0) is 19.7 Å². The number of aromatic carboxylic acids is 1. The number of pyridine rings is 1. The van der Waals surface area contributed by atoms with Crippen molar-refractivity contribution in [3.8, 4) is 11.5 Å². The Morgan fingerprint density at radius 2 is 1.86 bits per heavy atom. The number of ether oxygens (including phenoxy) is 2. The molecule has 0 aliphatic carbocycles. The largest absolute Gasteiger partial charge is 0.493 e. The van der Waals surface area contributed by atoms with Gasteiger partial charge in [-0.25, -0.2) is 4.79 Å². The maximum Gasteiger partial charge on any atom is 0.335 e. The van der Waals surface area contributed by atoms with Gasteiger partial charge in [-0.1, -0.05) is 18.2 Å². The lowest BCUT2D eigenvalue weighted by atomic mass is 10.1. The van der Waals surface area contributed by atoms with E-state index in [1.165, 1.54) is 0 Å². The summed E-state index contributed by atoms with van der Waals surface area (Å²) in [6, 6.07) is 14.6. The van der Waals surface area contributed by atoms with Gasteiger partial charge in [0.1, 0.15) is 6.61 Å². The van der Waals surface area contributed by atoms with Crippen molar-refractivity contribution >= 4 is 21.9 Å². The van der Waals surface area contributed by atoms with E-state index in [1.54, 1.807) is 31.6 Å².